The highest BCUT2D eigenvalue weighted by atomic mass is 19.4. The van der Waals surface area contributed by atoms with Gasteiger partial charge in [-0.3, -0.25) is 4.79 Å². The Hall–Kier alpha value is -2.62. The standard InChI is InChI=1S/C15H16F3N3O4/c1-9-4-2-3-5-11(9)24-8-10(22)13(23)19-7-6-12-20-14(25-21-12)15(16,17)18/h2-5,10,22H,6-8H2,1H3,(H,19,23)/t10-/m0/s1. The van der Waals surface area contributed by atoms with Gasteiger partial charge in [0.1, 0.15) is 12.4 Å². The van der Waals surface area contributed by atoms with E-state index in [9.17, 15) is 23.1 Å². The maximum atomic E-state index is 12.3. The van der Waals surface area contributed by atoms with Crippen molar-refractivity contribution < 1.29 is 32.3 Å². The topological polar surface area (TPSA) is 97.5 Å². The second-order valence-electron chi connectivity index (χ2n) is 5.15. The number of ether oxygens (including phenoxy) is 1. The smallest absolute Gasteiger partial charge is 0.471 e. The van der Waals surface area contributed by atoms with Gasteiger partial charge in [0, 0.05) is 13.0 Å². The molecule has 0 fully saturated rings. The molecule has 1 amide bonds. The summed E-state index contributed by atoms with van der Waals surface area (Å²) in [6.45, 7) is 1.51. The Kier molecular flexibility index (Phi) is 5.97. The quantitative estimate of drug-likeness (QED) is 0.778. The van der Waals surface area contributed by atoms with E-state index in [-0.39, 0.29) is 25.4 Å². The van der Waals surface area contributed by atoms with E-state index in [1.165, 1.54) is 0 Å². The molecule has 0 saturated heterocycles. The number of para-hydroxylation sites is 1. The largest absolute Gasteiger partial charge is 0.490 e. The minimum absolute atomic E-state index is 0.0584. The van der Waals surface area contributed by atoms with Crippen molar-refractivity contribution in [3.63, 3.8) is 0 Å². The van der Waals surface area contributed by atoms with Crippen LogP contribution in [0, 0.1) is 6.92 Å². The van der Waals surface area contributed by atoms with E-state index in [1.807, 2.05) is 19.1 Å². The number of rotatable bonds is 7. The van der Waals surface area contributed by atoms with Crippen LogP contribution in [0.3, 0.4) is 0 Å². The highest BCUT2D eigenvalue weighted by molar-refractivity contribution is 5.80. The van der Waals surface area contributed by atoms with E-state index >= 15 is 0 Å². The molecule has 1 heterocycles. The third-order valence-corrected chi connectivity index (χ3v) is 3.15. The number of hydrogen-bond donors (Lipinski definition) is 2. The van der Waals surface area contributed by atoms with Crippen molar-refractivity contribution in [2.45, 2.75) is 25.6 Å². The minimum Gasteiger partial charge on any atom is -0.490 e. The van der Waals surface area contributed by atoms with Gasteiger partial charge < -0.3 is 19.7 Å². The van der Waals surface area contributed by atoms with Gasteiger partial charge in [0.2, 0.25) is 0 Å². The lowest BCUT2D eigenvalue weighted by atomic mass is 10.2. The van der Waals surface area contributed by atoms with Crippen molar-refractivity contribution in [3.05, 3.63) is 41.5 Å². The van der Waals surface area contributed by atoms with Crippen molar-refractivity contribution in [1.29, 1.82) is 0 Å². The van der Waals surface area contributed by atoms with E-state index in [0.717, 1.165) is 5.56 Å². The molecule has 7 nitrogen and oxygen atoms in total. The van der Waals surface area contributed by atoms with E-state index in [2.05, 4.69) is 20.0 Å². The van der Waals surface area contributed by atoms with E-state index in [1.54, 1.807) is 12.1 Å². The number of nitrogens with zero attached hydrogens (tertiary/aromatic N) is 2. The summed E-state index contributed by atoms with van der Waals surface area (Å²) in [6.07, 6.45) is -6.20. The average Bonchev–Trinajstić information content (AvgIpc) is 3.03. The number of halogens is 3. The summed E-state index contributed by atoms with van der Waals surface area (Å²) in [7, 11) is 0. The summed E-state index contributed by atoms with van der Waals surface area (Å²) < 4.78 is 46.3. The summed E-state index contributed by atoms with van der Waals surface area (Å²) in [5, 5.41) is 15.3. The lowest BCUT2D eigenvalue weighted by Gasteiger charge is -2.13. The molecular formula is C15H16F3N3O4. The van der Waals surface area contributed by atoms with Crippen LogP contribution in [0.1, 0.15) is 17.3 Å². The van der Waals surface area contributed by atoms with Crippen LogP contribution in [0.4, 0.5) is 13.2 Å². The van der Waals surface area contributed by atoms with Crippen LogP contribution < -0.4 is 10.1 Å². The summed E-state index contributed by atoms with van der Waals surface area (Å²) in [6, 6.07) is 7.11. The van der Waals surface area contributed by atoms with Gasteiger partial charge in [-0.2, -0.15) is 18.2 Å². The molecule has 25 heavy (non-hydrogen) atoms. The van der Waals surface area contributed by atoms with Crippen LogP contribution in [0.2, 0.25) is 0 Å². The zero-order valence-corrected chi connectivity index (χ0v) is 13.2. The Morgan fingerprint density at radius 1 is 1.40 bits per heavy atom. The molecule has 1 aromatic heterocycles. The van der Waals surface area contributed by atoms with Gasteiger partial charge in [0.05, 0.1) is 0 Å². The average molecular weight is 359 g/mol. The molecule has 0 aliphatic rings. The summed E-state index contributed by atoms with van der Waals surface area (Å²) in [4.78, 5) is 14.9. The fourth-order valence-corrected chi connectivity index (χ4v) is 1.85. The van der Waals surface area contributed by atoms with Crippen LogP contribution >= 0.6 is 0 Å². The Morgan fingerprint density at radius 3 is 2.76 bits per heavy atom. The Balaban J connectivity index is 1.74. The number of aliphatic hydroxyl groups excluding tert-OH is 1. The molecule has 1 aromatic carbocycles. The van der Waals surface area contributed by atoms with Gasteiger partial charge in [0.15, 0.2) is 11.9 Å². The number of nitrogens with one attached hydrogen (secondary N) is 1. The molecule has 0 radical (unpaired) electrons. The molecule has 0 aliphatic carbocycles. The van der Waals surface area contributed by atoms with Crippen LogP contribution in [0.5, 0.6) is 5.75 Å². The predicted molar refractivity (Wildman–Crippen MR) is 78.7 cm³/mol. The number of hydrogen-bond acceptors (Lipinski definition) is 6. The van der Waals surface area contributed by atoms with Gasteiger partial charge in [-0.05, 0) is 18.6 Å². The summed E-state index contributed by atoms with van der Waals surface area (Å²) in [5.74, 6) is -1.81. The second kappa shape index (κ2) is 7.97. The highest BCUT2D eigenvalue weighted by Gasteiger charge is 2.38. The van der Waals surface area contributed by atoms with Crippen molar-refractivity contribution >= 4 is 5.91 Å². The van der Waals surface area contributed by atoms with Gasteiger partial charge in [-0.1, -0.05) is 23.4 Å². The SMILES string of the molecule is Cc1ccccc1OC[C@H](O)C(=O)NCCc1noc(C(F)(F)F)n1. The number of aliphatic hydroxyl groups is 1. The molecule has 2 aromatic rings. The fraction of sp³-hybridized carbons (Fsp3) is 0.400. The highest BCUT2D eigenvalue weighted by Crippen LogP contribution is 2.27. The number of aryl methyl sites for hydroxylation is 1. The van der Waals surface area contributed by atoms with Gasteiger partial charge in [-0.25, -0.2) is 0 Å². The Morgan fingerprint density at radius 2 is 2.12 bits per heavy atom. The van der Waals surface area contributed by atoms with Crippen LogP contribution in [0.25, 0.3) is 0 Å². The first-order valence-corrected chi connectivity index (χ1v) is 7.31. The maximum Gasteiger partial charge on any atom is 0.471 e. The monoisotopic (exact) mass is 359 g/mol. The van der Waals surface area contributed by atoms with Crippen molar-refractivity contribution in [2.24, 2.45) is 0 Å². The Bertz CT molecular complexity index is 718. The molecular weight excluding hydrogens is 343 g/mol. The number of alkyl halides is 3. The zero-order valence-electron chi connectivity index (χ0n) is 13.2. The van der Waals surface area contributed by atoms with E-state index in [0.29, 0.717) is 5.75 Å². The minimum atomic E-state index is -4.71. The molecule has 0 aliphatic heterocycles. The first-order valence-electron chi connectivity index (χ1n) is 7.31. The molecule has 0 saturated carbocycles. The third-order valence-electron chi connectivity index (χ3n) is 3.15. The molecule has 0 spiro atoms. The van der Waals surface area contributed by atoms with Crippen molar-refractivity contribution in [1.82, 2.24) is 15.5 Å². The first-order chi connectivity index (χ1) is 11.8. The van der Waals surface area contributed by atoms with Crippen LogP contribution in [0.15, 0.2) is 28.8 Å². The number of carbonyl (C=O) groups excluding carboxylic acids is 1. The second-order valence-corrected chi connectivity index (χ2v) is 5.15. The lowest BCUT2D eigenvalue weighted by molar-refractivity contribution is -0.159. The third kappa shape index (κ3) is 5.45. The first kappa shape index (κ1) is 18.7. The molecule has 136 valence electrons. The van der Waals surface area contributed by atoms with Gasteiger partial charge in [0.25, 0.3) is 5.91 Å². The van der Waals surface area contributed by atoms with Crippen LogP contribution in [-0.2, 0) is 17.4 Å². The zero-order chi connectivity index (χ0) is 18.4. The lowest BCUT2D eigenvalue weighted by Crippen LogP contribution is -2.39. The number of aromatic nitrogens is 2. The van der Waals surface area contributed by atoms with Crippen molar-refractivity contribution in [3.8, 4) is 5.75 Å². The Labute approximate surface area is 140 Å². The van der Waals surface area contributed by atoms with E-state index < -0.39 is 24.1 Å². The number of amides is 1. The normalized spacial score (nSPS) is 12.7. The molecule has 1 atom stereocenters. The van der Waals surface area contributed by atoms with Gasteiger partial charge in [-0.15, -0.1) is 0 Å². The predicted octanol–water partition coefficient (Wildman–Crippen LogP) is 1.50. The molecule has 2 N–H and O–H groups in total. The fourth-order valence-electron chi connectivity index (χ4n) is 1.85. The molecule has 0 bridgehead atoms. The molecule has 2 rings (SSSR count). The maximum absolute atomic E-state index is 12.3. The summed E-state index contributed by atoms with van der Waals surface area (Å²) >= 11 is 0. The molecule has 10 heteroatoms. The van der Waals surface area contributed by atoms with Crippen LogP contribution in [-0.4, -0.2) is 40.4 Å². The van der Waals surface area contributed by atoms with E-state index in [4.69, 9.17) is 4.74 Å². The number of benzene rings is 1. The van der Waals surface area contributed by atoms with Crippen molar-refractivity contribution in [2.75, 3.05) is 13.2 Å². The molecule has 0 unspecified atom stereocenters. The summed E-state index contributed by atoms with van der Waals surface area (Å²) in [5.41, 5.74) is 0.854. The number of carbonyl (C=O) groups is 1. The van der Waals surface area contributed by atoms with Gasteiger partial charge >= 0.3 is 12.1 Å².